The van der Waals surface area contributed by atoms with Crippen LogP contribution in [0.2, 0.25) is 0 Å². The van der Waals surface area contributed by atoms with Gasteiger partial charge in [-0.1, -0.05) is 115 Å². The Morgan fingerprint density at radius 3 is 1.31 bits per heavy atom. The molecule has 3 aromatic heterocycles. The Bertz CT molecular complexity index is 2290. The van der Waals surface area contributed by atoms with E-state index in [0.717, 1.165) is 84.1 Å². The Kier molecular flexibility index (Phi) is 8.11. The molecule has 0 aliphatic carbocycles. The lowest BCUT2D eigenvalue weighted by Gasteiger charge is -2.14. The summed E-state index contributed by atoms with van der Waals surface area (Å²) in [7, 11) is 0. The van der Waals surface area contributed by atoms with E-state index in [0.29, 0.717) is 0 Å². The van der Waals surface area contributed by atoms with Crippen molar-refractivity contribution in [3.8, 4) is 78.4 Å². The maximum Gasteiger partial charge on any atom is 0.116 e. The summed E-state index contributed by atoms with van der Waals surface area (Å²) in [5, 5.41) is 0. The van der Waals surface area contributed by atoms with Gasteiger partial charge in [0, 0.05) is 34.1 Å². The van der Waals surface area contributed by atoms with E-state index in [9.17, 15) is 0 Å². The van der Waals surface area contributed by atoms with Crippen LogP contribution in [0.3, 0.4) is 0 Å². The standard InChI is InChI=1S/C45H32N4/c1-31-9-8-14-43(48-31)37-21-17-33(18-22-37)39-25-38(32-15-19-36(20-16-32)42-23-24-46-30-47-42)26-40(27-39)41-28-44(34-10-4-2-5-11-34)49-45(29-41)35-12-6-3-7-13-35/h2-30H,1H3. The van der Waals surface area contributed by atoms with Crippen molar-refractivity contribution in [2.24, 2.45) is 0 Å². The summed E-state index contributed by atoms with van der Waals surface area (Å²) in [5.74, 6) is 0. The first-order chi connectivity index (χ1) is 24.2. The van der Waals surface area contributed by atoms with Crippen molar-refractivity contribution in [1.29, 1.82) is 0 Å². The molecule has 0 bridgehead atoms. The highest BCUT2D eigenvalue weighted by Gasteiger charge is 2.13. The predicted octanol–water partition coefficient (Wildman–Crippen LogP) is 11.2. The Balaban J connectivity index is 1.27. The van der Waals surface area contributed by atoms with Gasteiger partial charge in [0.05, 0.1) is 22.8 Å². The van der Waals surface area contributed by atoms with Crippen molar-refractivity contribution in [3.05, 3.63) is 182 Å². The summed E-state index contributed by atoms with van der Waals surface area (Å²) in [6.07, 6.45) is 3.36. The molecule has 232 valence electrons. The largest absolute Gasteiger partial charge is 0.253 e. The van der Waals surface area contributed by atoms with E-state index in [1.807, 2.05) is 31.2 Å². The van der Waals surface area contributed by atoms with Crippen LogP contribution < -0.4 is 0 Å². The summed E-state index contributed by atoms with van der Waals surface area (Å²) in [6, 6.07) is 57.4. The quantitative estimate of drug-likeness (QED) is 0.176. The average molecular weight is 629 g/mol. The number of aromatic nitrogens is 4. The fraction of sp³-hybridized carbons (Fsp3) is 0.0222. The molecule has 0 spiro atoms. The summed E-state index contributed by atoms with van der Waals surface area (Å²) >= 11 is 0. The van der Waals surface area contributed by atoms with Crippen LogP contribution >= 0.6 is 0 Å². The summed E-state index contributed by atoms with van der Waals surface area (Å²) < 4.78 is 0. The molecule has 5 aromatic carbocycles. The Morgan fingerprint density at radius 1 is 0.327 bits per heavy atom. The Morgan fingerprint density at radius 2 is 0.796 bits per heavy atom. The first-order valence-electron chi connectivity index (χ1n) is 16.4. The summed E-state index contributed by atoms with van der Waals surface area (Å²) in [6.45, 7) is 2.02. The third-order valence-electron chi connectivity index (χ3n) is 8.73. The van der Waals surface area contributed by atoms with Gasteiger partial charge < -0.3 is 0 Å². The van der Waals surface area contributed by atoms with Gasteiger partial charge >= 0.3 is 0 Å². The zero-order chi connectivity index (χ0) is 33.0. The van der Waals surface area contributed by atoms with E-state index in [2.05, 4.69) is 149 Å². The van der Waals surface area contributed by atoms with E-state index in [-0.39, 0.29) is 0 Å². The normalized spacial score (nSPS) is 11.0. The van der Waals surface area contributed by atoms with Crippen molar-refractivity contribution in [3.63, 3.8) is 0 Å². The third-order valence-corrected chi connectivity index (χ3v) is 8.73. The van der Waals surface area contributed by atoms with Gasteiger partial charge in [-0.3, -0.25) is 4.98 Å². The summed E-state index contributed by atoms with van der Waals surface area (Å²) in [4.78, 5) is 18.4. The molecule has 4 heteroatoms. The number of pyridine rings is 2. The van der Waals surface area contributed by atoms with Crippen LogP contribution in [-0.2, 0) is 0 Å². The fourth-order valence-corrected chi connectivity index (χ4v) is 6.17. The summed E-state index contributed by atoms with van der Waals surface area (Å²) in [5.41, 5.74) is 15.8. The average Bonchev–Trinajstić information content (AvgIpc) is 3.19. The molecule has 49 heavy (non-hydrogen) atoms. The fourth-order valence-electron chi connectivity index (χ4n) is 6.17. The minimum Gasteiger partial charge on any atom is -0.253 e. The maximum atomic E-state index is 5.13. The second-order valence-corrected chi connectivity index (χ2v) is 12.1. The zero-order valence-electron chi connectivity index (χ0n) is 27.0. The zero-order valence-corrected chi connectivity index (χ0v) is 27.0. The number of hydrogen-bond donors (Lipinski definition) is 0. The molecular formula is C45H32N4. The van der Waals surface area contributed by atoms with Crippen molar-refractivity contribution in [1.82, 2.24) is 19.9 Å². The first kappa shape index (κ1) is 29.9. The van der Waals surface area contributed by atoms with Gasteiger partial charge in [-0.15, -0.1) is 0 Å². The molecular weight excluding hydrogens is 597 g/mol. The second kappa shape index (κ2) is 13.3. The van der Waals surface area contributed by atoms with Crippen LogP contribution in [0.25, 0.3) is 78.4 Å². The minimum atomic E-state index is 0.901. The lowest BCUT2D eigenvalue weighted by molar-refractivity contribution is 1.17. The van der Waals surface area contributed by atoms with E-state index in [1.54, 1.807) is 12.5 Å². The van der Waals surface area contributed by atoms with E-state index in [4.69, 9.17) is 9.97 Å². The molecule has 0 fully saturated rings. The highest BCUT2D eigenvalue weighted by Crippen LogP contribution is 2.37. The lowest BCUT2D eigenvalue weighted by Crippen LogP contribution is -1.92. The molecule has 8 aromatic rings. The van der Waals surface area contributed by atoms with E-state index < -0.39 is 0 Å². The van der Waals surface area contributed by atoms with Gasteiger partial charge in [0.2, 0.25) is 0 Å². The Hall–Kier alpha value is -6.52. The van der Waals surface area contributed by atoms with E-state index >= 15 is 0 Å². The predicted molar refractivity (Wildman–Crippen MR) is 200 cm³/mol. The van der Waals surface area contributed by atoms with Crippen molar-refractivity contribution < 1.29 is 0 Å². The van der Waals surface area contributed by atoms with Crippen LogP contribution in [0.5, 0.6) is 0 Å². The van der Waals surface area contributed by atoms with Crippen LogP contribution in [0.4, 0.5) is 0 Å². The van der Waals surface area contributed by atoms with Gasteiger partial charge in [0.1, 0.15) is 6.33 Å². The first-order valence-corrected chi connectivity index (χ1v) is 16.4. The molecule has 8 rings (SSSR count). The van der Waals surface area contributed by atoms with Gasteiger partial charge in [-0.05, 0) is 88.8 Å². The molecule has 0 unspecified atom stereocenters. The highest BCUT2D eigenvalue weighted by molar-refractivity contribution is 5.85. The van der Waals surface area contributed by atoms with Crippen molar-refractivity contribution in [2.45, 2.75) is 6.92 Å². The van der Waals surface area contributed by atoms with Crippen molar-refractivity contribution in [2.75, 3.05) is 0 Å². The number of benzene rings is 5. The molecule has 0 N–H and O–H groups in total. The third kappa shape index (κ3) is 6.53. The lowest BCUT2D eigenvalue weighted by atomic mass is 9.91. The van der Waals surface area contributed by atoms with Gasteiger partial charge in [-0.25, -0.2) is 15.0 Å². The molecule has 0 aliphatic rings. The van der Waals surface area contributed by atoms with Gasteiger partial charge in [0.25, 0.3) is 0 Å². The maximum absolute atomic E-state index is 5.13. The number of rotatable bonds is 7. The van der Waals surface area contributed by atoms with Crippen LogP contribution in [0.15, 0.2) is 176 Å². The molecule has 0 aliphatic heterocycles. The number of nitrogens with zero attached hydrogens (tertiary/aromatic N) is 4. The Labute approximate surface area is 286 Å². The van der Waals surface area contributed by atoms with Gasteiger partial charge in [-0.2, -0.15) is 0 Å². The smallest absolute Gasteiger partial charge is 0.116 e. The second-order valence-electron chi connectivity index (χ2n) is 12.1. The number of hydrogen-bond acceptors (Lipinski definition) is 4. The van der Waals surface area contributed by atoms with Crippen LogP contribution in [0, 0.1) is 6.92 Å². The van der Waals surface area contributed by atoms with Crippen LogP contribution in [0.1, 0.15) is 5.69 Å². The molecule has 4 nitrogen and oxygen atoms in total. The molecule has 0 radical (unpaired) electrons. The highest BCUT2D eigenvalue weighted by atomic mass is 14.8. The van der Waals surface area contributed by atoms with Crippen LogP contribution in [-0.4, -0.2) is 19.9 Å². The molecule has 0 saturated carbocycles. The monoisotopic (exact) mass is 628 g/mol. The van der Waals surface area contributed by atoms with Gasteiger partial charge in [0.15, 0.2) is 0 Å². The SMILES string of the molecule is Cc1cccc(-c2ccc(-c3cc(-c4ccc(-c5ccncn5)cc4)cc(-c4cc(-c5ccccc5)nc(-c5ccccc5)c4)c3)cc2)n1. The topological polar surface area (TPSA) is 51.6 Å². The number of aryl methyl sites for hydroxylation is 1. The van der Waals surface area contributed by atoms with E-state index in [1.165, 1.54) is 0 Å². The molecule has 0 amide bonds. The molecule has 0 atom stereocenters. The molecule has 0 saturated heterocycles. The molecule has 3 heterocycles. The van der Waals surface area contributed by atoms with Crippen molar-refractivity contribution >= 4 is 0 Å². The minimum absolute atomic E-state index is 0.901.